The van der Waals surface area contributed by atoms with Crippen molar-refractivity contribution < 1.29 is 0 Å². The average molecular weight is 268 g/mol. The molecule has 1 aliphatic heterocycles. The van der Waals surface area contributed by atoms with Crippen LogP contribution < -0.4 is 10.6 Å². The van der Waals surface area contributed by atoms with Gasteiger partial charge in [0.15, 0.2) is 0 Å². The number of hydrogen-bond donors (Lipinski definition) is 2. The van der Waals surface area contributed by atoms with Gasteiger partial charge in [0.25, 0.3) is 0 Å². The lowest BCUT2D eigenvalue weighted by atomic mass is 9.93. The zero-order valence-electron chi connectivity index (χ0n) is 12.8. The van der Waals surface area contributed by atoms with Crippen LogP contribution in [-0.4, -0.2) is 0 Å². The van der Waals surface area contributed by atoms with E-state index in [1.165, 1.54) is 16.8 Å². The summed E-state index contributed by atoms with van der Waals surface area (Å²) >= 11 is 0. The van der Waals surface area contributed by atoms with Gasteiger partial charge in [-0.3, -0.25) is 0 Å². The SMILES string of the molecule is CC(C)c1cccc(C(C)C)c1N/C=C1\C=CC=CN1. The molecule has 0 bridgehead atoms. The molecule has 0 unspecified atom stereocenters. The van der Waals surface area contributed by atoms with Gasteiger partial charge in [0.2, 0.25) is 0 Å². The minimum atomic E-state index is 0.504. The van der Waals surface area contributed by atoms with E-state index in [2.05, 4.69) is 62.6 Å². The van der Waals surface area contributed by atoms with Gasteiger partial charge in [-0.05, 0) is 35.1 Å². The number of allylic oxidation sites excluding steroid dienone is 3. The van der Waals surface area contributed by atoms with Gasteiger partial charge in [-0.2, -0.15) is 0 Å². The fourth-order valence-corrected chi connectivity index (χ4v) is 2.36. The Labute approximate surface area is 122 Å². The number of benzene rings is 1. The van der Waals surface area contributed by atoms with Crippen LogP contribution in [0.2, 0.25) is 0 Å². The predicted octanol–water partition coefficient (Wildman–Crippen LogP) is 4.86. The van der Waals surface area contributed by atoms with Crippen LogP contribution in [0.4, 0.5) is 5.69 Å². The Balaban J connectivity index is 2.33. The van der Waals surface area contributed by atoms with Gasteiger partial charge >= 0.3 is 0 Å². The van der Waals surface area contributed by atoms with E-state index in [4.69, 9.17) is 0 Å². The van der Waals surface area contributed by atoms with Gasteiger partial charge in [-0.1, -0.05) is 52.0 Å². The number of rotatable bonds is 4. The maximum absolute atomic E-state index is 3.50. The zero-order valence-corrected chi connectivity index (χ0v) is 12.8. The summed E-state index contributed by atoms with van der Waals surface area (Å²) in [5, 5.41) is 6.72. The van der Waals surface area contributed by atoms with Crippen LogP contribution in [0.15, 0.2) is 54.5 Å². The minimum absolute atomic E-state index is 0.504. The van der Waals surface area contributed by atoms with E-state index in [9.17, 15) is 0 Å². The molecule has 0 fully saturated rings. The van der Waals surface area contributed by atoms with Gasteiger partial charge in [0.1, 0.15) is 0 Å². The fraction of sp³-hybridized carbons (Fsp3) is 0.333. The van der Waals surface area contributed by atoms with Crippen LogP contribution in [-0.2, 0) is 0 Å². The van der Waals surface area contributed by atoms with Crippen LogP contribution in [0.25, 0.3) is 0 Å². The molecule has 0 atom stereocenters. The molecule has 2 nitrogen and oxygen atoms in total. The zero-order chi connectivity index (χ0) is 14.5. The number of nitrogens with one attached hydrogen (secondary N) is 2. The molecule has 1 aliphatic rings. The lowest BCUT2D eigenvalue weighted by Gasteiger charge is -2.20. The van der Waals surface area contributed by atoms with Gasteiger partial charge in [-0.15, -0.1) is 0 Å². The molecule has 106 valence electrons. The van der Waals surface area contributed by atoms with Crippen LogP contribution >= 0.6 is 0 Å². The van der Waals surface area contributed by atoms with Gasteiger partial charge < -0.3 is 10.6 Å². The molecule has 0 radical (unpaired) electrons. The summed E-state index contributed by atoms with van der Waals surface area (Å²) in [6, 6.07) is 6.58. The van der Waals surface area contributed by atoms with Gasteiger partial charge in [0, 0.05) is 18.1 Å². The summed E-state index contributed by atoms with van der Waals surface area (Å²) in [5.74, 6) is 1.01. The van der Waals surface area contributed by atoms with E-state index in [0.717, 1.165) is 5.70 Å². The Bertz CT molecular complexity index is 522. The normalized spacial score (nSPS) is 16.0. The summed E-state index contributed by atoms with van der Waals surface area (Å²) in [7, 11) is 0. The highest BCUT2D eigenvalue weighted by Gasteiger charge is 2.12. The Morgan fingerprint density at radius 2 is 1.65 bits per heavy atom. The monoisotopic (exact) mass is 268 g/mol. The van der Waals surface area contributed by atoms with Crippen LogP contribution in [0.5, 0.6) is 0 Å². The van der Waals surface area contributed by atoms with Crippen molar-refractivity contribution in [3.05, 3.63) is 65.7 Å². The number of anilines is 1. The summed E-state index contributed by atoms with van der Waals surface area (Å²) in [5.41, 5.74) is 5.04. The van der Waals surface area contributed by atoms with Crippen LogP contribution in [0, 0.1) is 0 Å². The van der Waals surface area contributed by atoms with Crippen LogP contribution in [0.1, 0.15) is 50.7 Å². The topological polar surface area (TPSA) is 24.1 Å². The molecule has 1 aromatic carbocycles. The van der Waals surface area contributed by atoms with E-state index in [1.807, 2.05) is 24.6 Å². The standard InChI is InChI=1S/C18H24N2/c1-13(2)16-9-7-10-17(14(3)4)18(16)20-12-15-8-5-6-11-19-15/h5-14,19-20H,1-4H3/b15-12+. The second-order valence-electron chi connectivity index (χ2n) is 5.73. The molecular formula is C18H24N2. The molecule has 0 spiro atoms. The summed E-state index contributed by atoms with van der Waals surface area (Å²) in [6.07, 6.45) is 10.0. The third-order valence-corrected chi connectivity index (χ3v) is 3.48. The van der Waals surface area contributed by atoms with E-state index in [0.29, 0.717) is 11.8 Å². The molecule has 0 saturated carbocycles. The van der Waals surface area contributed by atoms with Crippen molar-refractivity contribution in [2.24, 2.45) is 0 Å². The smallest absolute Gasteiger partial charge is 0.0542 e. The predicted molar refractivity (Wildman–Crippen MR) is 87.7 cm³/mol. The maximum atomic E-state index is 3.50. The molecular weight excluding hydrogens is 244 g/mol. The first-order valence-corrected chi connectivity index (χ1v) is 7.29. The van der Waals surface area contributed by atoms with Crippen LogP contribution in [0.3, 0.4) is 0 Å². The highest BCUT2D eigenvalue weighted by Crippen LogP contribution is 2.32. The third kappa shape index (κ3) is 3.32. The van der Waals surface area contributed by atoms with E-state index in [1.54, 1.807) is 0 Å². The fourth-order valence-electron chi connectivity index (χ4n) is 2.36. The van der Waals surface area contributed by atoms with Crippen molar-refractivity contribution in [3.63, 3.8) is 0 Å². The lowest BCUT2D eigenvalue weighted by Crippen LogP contribution is -2.09. The first kappa shape index (κ1) is 14.4. The number of dihydropyridines is 1. The minimum Gasteiger partial charge on any atom is -0.361 e. The molecule has 0 saturated heterocycles. The number of hydrogen-bond acceptors (Lipinski definition) is 2. The second kappa shape index (κ2) is 6.47. The molecule has 0 amide bonds. The van der Waals surface area contributed by atoms with Crippen molar-refractivity contribution in [1.29, 1.82) is 0 Å². The van der Waals surface area contributed by atoms with Crippen molar-refractivity contribution in [1.82, 2.24) is 5.32 Å². The third-order valence-electron chi connectivity index (χ3n) is 3.48. The molecule has 1 aromatic rings. The molecule has 2 heteroatoms. The highest BCUT2D eigenvalue weighted by molar-refractivity contribution is 5.62. The molecule has 0 aromatic heterocycles. The summed E-state index contributed by atoms with van der Waals surface area (Å²) < 4.78 is 0. The average Bonchev–Trinajstić information content (AvgIpc) is 2.45. The Kier molecular flexibility index (Phi) is 4.67. The van der Waals surface area contributed by atoms with Gasteiger partial charge in [-0.25, -0.2) is 0 Å². The first-order valence-electron chi connectivity index (χ1n) is 7.29. The molecule has 2 rings (SSSR count). The van der Waals surface area contributed by atoms with Gasteiger partial charge in [0.05, 0.1) is 5.70 Å². The largest absolute Gasteiger partial charge is 0.361 e. The Morgan fingerprint density at radius 1 is 1.00 bits per heavy atom. The second-order valence-corrected chi connectivity index (χ2v) is 5.73. The Morgan fingerprint density at radius 3 is 2.15 bits per heavy atom. The molecule has 2 N–H and O–H groups in total. The molecule has 0 aliphatic carbocycles. The van der Waals surface area contributed by atoms with Crippen molar-refractivity contribution in [2.45, 2.75) is 39.5 Å². The lowest BCUT2D eigenvalue weighted by molar-refractivity contribution is 0.838. The first-order chi connectivity index (χ1) is 9.59. The molecule has 1 heterocycles. The van der Waals surface area contributed by atoms with Crippen molar-refractivity contribution in [2.75, 3.05) is 5.32 Å². The summed E-state index contributed by atoms with van der Waals surface area (Å²) in [4.78, 5) is 0. The maximum Gasteiger partial charge on any atom is 0.0542 e. The Hall–Kier alpha value is -1.96. The van der Waals surface area contributed by atoms with E-state index in [-0.39, 0.29) is 0 Å². The summed E-state index contributed by atoms with van der Waals surface area (Å²) in [6.45, 7) is 8.94. The van der Waals surface area contributed by atoms with Crippen molar-refractivity contribution >= 4 is 5.69 Å². The quantitative estimate of drug-likeness (QED) is 0.815. The van der Waals surface area contributed by atoms with Crippen molar-refractivity contribution in [3.8, 4) is 0 Å². The molecule has 20 heavy (non-hydrogen) atoms. The number of para-hydroxylation sites is 1. The van der Waals surface area contributed by atoms with E-state index >= 15 is 0 Å². The highest BCUT2D eigenvalue weighted by atomic mass is 14.9. The van der Waals surface area contributed by atoms with E-state index < -0.39 is 0 Å².